The quantitative estimate of drug-likeness (QED) is 0.162. The topological polar surface area (TPSA) is 25.8 Å². The molecule has 10 aromatic rings. The molecule has 0 radical (unpaired) electrons. The van der Waals surface area contributed by atoms with Crippen LogP contribution in [0, 0.1) is 0 Å². The normalized spacial score (nSPS) is 14.9. The van der Waals surface area contributed by atoms with Gasteiger partial charge in [0.1, 0.15) is 0 Å². The van der Waals surface area contributed by atoms with Gasteiger partial charge in [-0.1, -0.05) is 218 Å². The minimum atomic E-state index is -1.96. The van der Waals surface area contributed by atoms with Crippen LogP contribution >= 0.6 is 0 Å². The van der Waals surface area contributed by atoms with Crippen LogP contribution in [0.25, 0.3) is 78.1 Å². The Hall–Kier alpha value is -7.68. The molecule has 0 atom stereocenters. The highest BCUT2D eigenvalue weighted by molar-refractivity contribution is 6.05. The zero-order valence-electron chi connectivity index (χ0n) is 41.6. The molecule has 0 saturated heterocycles. The third kappa shape index (κ3) is 5.80. The van der Waals surface area contributed by atoms with Gasteiger partial charge in [0.05, 0.1) is 30.5 Å². The van der Waals surface area contributed by atoms with Gasteiger partial charge in [-0.2, -0.15) is 0 Å². The average Bonchev–Trinajstić information content (AvgIpc) is 3.68. The highest BCUT2D eigenvalue weighted by Gasteiger charge is 2.46. The molecular weight excluding hydrogens is 713 g/mol. The van der Waals surface area contributed by atoms with Crippen LogP contribution in [-0.2, 0) is 5.41 Å². The molecule has 1 heterocycles. The van der Waals surface area contributed by atoms with Crippen molar-refractivity contribution >= 4 is 10.8 Å². The summed E-state index contributed by atoms with van der Waals surface area (Å²) in [6, 6.07) is 49.6. The Morgan fingerprint density at radius 1 is 0.339 bits per heavy atom. The number of aromatic nitrogens is 2. The van der Waals surface area contributed by atoms with E-state index in [9.17, 15) is 5.48 Å². The molecule has 0 spiro atoms. The SMILES string of the molecule is [2H]c1c([2H])c([2H])c(C2(c3c([2H])c([2H])c([2H])c([2H])c3[2H])c3ccccc3-c3ccc(-c4ccc(-c5cc(-c6ccc(-c7ccccc7)cc6)nc(-c6ccccc6)n5)c5ccccc45)cc32)c([2H])c1[2H]. The molecule has 9 aromatic carbocycles. The van der Waals surface area contributed by atoms with Gasteiger partial charge < -0.3 is 0 Å². The molecule has 2 nitrogen and oxygen atoms in total. The Kier molecular flexibility index (Phi) is 6.22. The minimum Gasteiger partial charge on any atom is -0.228 e. The second-order valence-corrected chi connectivity index (χ2v) is 14.5. The van der Waals surface area contributed by atoms with Crippen molar-refractivity contribution in [2.45, 2.75) is 5.41 Å². The Morgan fingerprint density at radius 3 is 1.53 bits per heavy atom. The third-order valence-corrected chi connectivity index (χ3v) is 11.4. The van der Waals surface area contributed by atoms with Gasteiger partial charge in [0.25, 0.3) is 0 Å². The van der Waals surface area contributed by atoms with E-state index in [-0.39, 0.29) is 11.1 Å². The number of nitrogens with zero attached hydrogens (tertiary/aromatic N) is 2. The van der Waals surface area contributed by atoms with E-state index in [4.69, 9.17) is 18.2 Å². The molecule has 1 aliphatic carbocycles. The van der Waals surface area contributed by atoms with E-state index in [0.29, 0.717) is 39.3 Å². The van der Waals surface area contributed by atoms with Gasteiger partial charge in [0, 0.05) is 16.7 Å². The standard InChI is InChI=1S/C57H38N2/c1-5-17-39(18-6-1)40-29-31-41(32-30-40)54-38-55(59-56(58-54)42-19-7-2-8-20-42)51-36-35-46(47-25-13-14-26-48(47)51)43-33-34-50-49-27-15-16-28-52(49)57(53(50)37-43,44-21-9-3-10-22-44)45-23-11-4-12-24-45/h1-38H/i3D,4D,9D,10D,11D,12D,21D,22D,23D,24D. The Morgan fingerprint density at radius 2 is 0.831 bits per heavy atom. The summed E-state index contributed by atoms with van der Waals surface area (Å²) in [5.41, 5.74) is 7.56. The van der Waals surface area contributed by atoms with Crippen molar-refractivity contribution in [3.05, 3.63) is 253 Å². The number of rotatable bonds is 7. The zero-order valence-corrected chi connectivity index (χ0v) is 31.6. The molecule has 0 amide bonds. The summed E-state index contributed by atoms with van der Waals surface area (Å²) in [4.78, 5) is 10.3. The van der Waals surface area contributed by atoms with Gasteiger partial charge in [-0.15, -0.1) is 0 Å². The van der Waals surface area contributed by atoms with E-state index in [1.165, 1.54) is 0 Å². The van der Waals surface area contributed by atoms with E-state index < -0.39 is 65.8 Å². The highest BCUT2D eigenvalue weighted by Crippen LogP contribution is 2.57. The second-order valence-electron chi connectivity index (χ2n) is 14.5. The Balaban J connectivity index is 1.15. The predicted molar refractivity (Wildman–Crippen MR) is 244 cm³/mol. The van der Waals surface area contributed by atoms with Crippen LogP contribution in [0.5, 0.6) is 0 Å². The minimum absolute atomic E-state index is 0.209. The van der Waals surface area contributed by atoms with Crippen LogP contribution in [0.3, 0.4) is 0 Å². The number of fused-ring (bicyclic) bond motifs is 4. The summed E-state index contributed by atoms with van der Waals surface area (Å²) in [5.74, 6) is 0.568. The van der Waals surface area contributed by atoms with Gasteiger partial charge >= 0.3 is 0 Å². The van der Waals surface area contributed by atoms with Crippen LogP contribution in [0.4, 0.5) is 0 Å². The number of benzene rings is 9. The predicted octanol–water partition coefficient (Wildman–Crippen LogP) is 14.3. The molecule has 0 fully saturated rings. The molecular formula is C57H38N2. The molecule has 2 heteroatoms. The molecule has 59 heavy (non-hydrogen) atoms. The molecule has 11 rings (SSSR count). The summed E-state index contributed by atoms with van der Waals surface area (Å²) in [6.45, 7) is 0. The van der Waals surface area contributed by atoms with Crippen molar-refractivity contribution in [2.75, 3.05) is 0 Å². The molecule has 0 saturated carbocycles. The van der Waals surface area contributed by atoms with Crippen LogP contribution in [0.2, 0.25) is 0 Å². The van der Waals surface area contributed by atoms with Crippen molar-refractivity contribution in [3.8, 4) is 67.3 Å². The lowest BCUT2D eigenvalue weighted by molar-refractivity contribution is 0.769. The monoisotopic (exact) mass is 760 g/mol. The van der Waals surface area contributed by atoms with E-state index in [0.717, 1.165) is 49.8 Å². The molecule has 0 N–H and O–H groups in total. The average molecular weight is 761 g/mol. The van der Waals surface area contributed by atoms with Crippen molar-refractivity contribution in [2.24, 2.45) is 0 Å². The fourth-order valence-corrected chi connectivity index (χ4v) is 8.67. The first-order chi connectivity index (χ1) is 33.4. The molecule has 1 aromatic heterocycles. The van der Waals surface area contributed by atoms with Crippen molar-refractivity contribution in [1.82, 2.24) is 9.97 Å². The molecule has 0 aliphatic heterocycles. The summed E-state index contributed by atoms with van der Waals surface area (Å²) < 4.78 is 90.2. The fourth-order valence-electron chi connectivity index (χ4n) is 8.67. The van der Waals surface area contributed by atoms with E-state index >= 15 is 0 Å². The molecule has 0 unspecified atom stereocenters. The lowest BCUT2D eigenvalue weighted by Crippen LogP contribution is -2.28. The highest BCUT2D eigenvalue weighted by atomic mass is 14.9. The number of hydrogen-bond acceptors (Lipinski definition) is 2. The third-order valence-electron chi connectivity index (χ3n) is 11.4. The van der Waals surface area contributed by atoms with Crippen molar-refractivity contribution in [1.29, 1.82) is 0 Å². The maximum atomic E-state index is 9.43. The van der Waals surface area contributed by atoms with Crippen LogP contribution in [0.15, 0.2) is 230 Å². The first kappa shape index (κ1) is 25.5. The number of hydrogen-bond donors (Lipinski definition) is 0. The van der Waals surface area contributed by atoms with E-state index in [1.54, 1.807) is 12.1 Å². The summed E-state index contributed by atoms with van der Waals surface area (Å²) in [6.07, 6.45) is 0. The lowest BCUT2D eigenvalue weighted by atomic mass is 9.67. The van der Waals surface area contributed by atoms with Gasteiger partial charge in [-0.05, 0) is 78.5 Å². The van der Waals surface area contributed by atoms with E-state index in [2.05, 4.69) is 36.4 Å². The molecule has 1 aliphatic rings. The maximum Gasteiger partial charge on any atom is 0.160 e. The van der Waals surface area contributed by atoms with Crippen LogP contribution < -0.4 is 0 Å². The van der Waals surface area contributed by atoms with Crippen LogP contribution in [-0.4, -0.2) is 9.97 Å². The van der Waals surface area contributed by atoms with Gasteiger partial charge in [-0.3, -0.25) is 0 Å². The molecule has 0 bridgehead atoms. The zero-order chi connectivity index (χ0) is 47.9. The maximum absolute atomic E-state index is 9.43. The second kappa shape index (κ2) is 14.4. The lowest BCUT2D eigenvalue weighted by Gasteiger charge is -2.34. The Bertz CT molecular complexity index is 3600. The van der Waals surface area contributed by atoms with E-state index in [1.807, 2.05) is 121 Å². The molecule has 276 valence electrons. The summed E-state index contributed by atoms with van der Waals surface area (Å²) in [7, 11) is 0. The van der Waals surface area contributed by atoms with Crippen LogP contribution in [0.1, 0.15) is 36.0 Å². The summed E-state index contributed by atoms with van der Waals surface area (Å²) >= 11 is 0. The largest absolute Gasteiger partial charge is 0.228 e. The first-order valence-corrected chi connectivity index (χ1v) is 19.4. The van der Waals surface area contributed by atoms with Crippen molar-refractivity contribution in [3.63, 3.8) is 0 Å². The Labute approximate surface area is 358 Å². The van der Waals surface area contributed by atoms with Gasteiger partial charge in [-0.25, -0.2) is 9.97 Å². The van der Waals surface area contributed by atoms with Gasteiger partial charge in [0.2, 0.25) is 0 Å². The summed E-state index contributed by atoms with van der Waals surface area (Å²) in [5, 5.41) is 1.76. The fraction of sp³-hybridized carbons (Fsp3) is 0.0175. The van der Waals surface area contributed by atoms with Gasteiger partial charge in [0.15, 0.2) is 5.82 Å². The first-order valence-electron chi connectivity index (χ1n) is 24.4. The van der Waals surface area contributed by atoms with Crippen molar-refractivity contribution < 1.29 is 13.7 Å². The smallest absolute Gasteiger partial charge is 0.160 e.